The van der Waals surface area contributed by atoms with E-state index in [2.05, 4.69) is 0 Å². The molecule has 0 saturated heterocycles. The first-order valence-electron chi connectivity index (χ1n) is 3.40. The van der Waals surface area contributed by atoms with E-state index >= 15 is 0 Å². The largest absolute Gasteiger partial charge is 0.384 e. The molecule has 4 N–H and O–H groups in total. The minimum absolute atomic E-state index is 0.589. The zero-order valence-corrected chi connectivity index (χ0v) is 5.99. The number of para-hydroxylation sites is 1. The van der Waals surface area contributed by atoms with E-state index in [0.29, 0.717) is 5.82 Å². The van der Waals surface area contributed by atoms with Crippen LogP contribution in [0, 0.1) is 0 Å². The maximum atomic E-state index is 5.63. The normalized spacial score (nSPS) is 10.5. The van der Waals surface area contributed by atoms with Crippen molar-refractivity contribution in [3.8, 4) is 0 Å². The fourth-order valence-corrected chi connectivity index (χ4v) is 1.20. The summed E-state index contributed by atoms with van der Waals surface area (Å²) in [6.45, 7) is 0. The number of hydrogen-bond donors (Lipinski definition) is 2. The van der Waals surface area contributed by atoms with Gasteiger partial charge in [-0.3, -0.25) is 0 Å². The van der Waals surface area contributed by atoms with Crippen LogP contribution in [0.3, 0.4) is 0 Å². The Morgan fingerprint density at radius 1 is 1.18 bits per heavy atom. The van der Waals surface area contributed by atoms with Gasteiger partial charge in [0.1, 0.15) is 5.82 Å². The second-order valence-electron chi connectivity index (χ2n) is 2.50. The molecule has 0 radical (unpaired) electrons. The summed E-state index contributed by atoms with van der Waals surface area (Å²) in [5.74, 6) is 6.22. The third-order valence-electron chi connectivity index (χ3n) is 1.78. The lowest BCUT2D eigenvalue weighted by Crippen LogP contribution is -2.10. The van der Waals surface area contributed by atoms with Crippen molar-refractivity contribution in [3.05, 3.63) is 30.3 Å². The van der Waals surface area contributed by atoms with Gasteiger partial charge in [0.25, 0.3) is 0 Å². The molecule has 0 fully saturated rings. The van der Waals surface area contributed by atoms with Crippen LogP contribution in [0.2, 0.25) is 0 Å². The quantitative estimate of drug-likeness (QED) is 0.545. The molecule has 2 aromatic rings. The van der Waals surface area contributed by atoms with Crippen molar-refractivity contribution in [1.82, 2.24) is 4.68 Å². The maximum absolute atomic E-state index is 5.63. The molecular formula is C8H9N3. The lowest BCUT2D eigenvalue weighted by atomic mass is 10.2. The van der Waals surface area contributed by atoms with Crippen LogP contribution in [0.25, 0.3) is 10.9 Å². The number of nitrogens with zero attached hydrogens (tertiary/aromatic N) is 1. The molecular weight excluding hydrogens is 138 g/mol. The Bertz CT molecular complexity index is 389. The van der Waals surface area contributed by atoms with Crippen LogP contribution < -0.4 is 11.6 Å². The van der Waals surface area contributed by atoms with E-state index in [1.54, 1.807) is 0 Å². The van der Waals surface area contributed by atoms with Crippen molar-refractivity contribution in [3.63, 3.8) is 0 Å². The summed E-state index contributed by atoms with van der Waals surface area (Å²) in [5, 5.41) is 1.08. The number of fused-ring (bicyclic) bond motifs is 1. The van der Waals surface area contributed by atoms with Crippen molar-refractivity contribution in [2.24, 2.45) is 0 Å². The first-order valence-corrected chi connectivity index (χ1v) is 3.40. The zero-order valence-electron chi connectivity index (χ0n) is 5.99. The fraction of sp³-hybridized carbons (Fsp3) is 0. The summed E-state index contributed by atoms with van der Waals surface area (Å²) in [7, 11) is 0. The van der Waals surface area contributed by atoms with Crippen LogP contribution in [-0.4, -0.2) is 4.68 Å². The van der Waals surface area contributed by atoms with Crippen molar-refractivity contribution in [2.75, 3.05) is 11.6 Å². The SMILES string of the molecule is Nc1cc2ccccc2n1N. The predicted molar refractivity (Wildman–Crippen MR) is 46.5 cm³/mol. The molecule has 0 spiro atoms. The molecule has 0 aliphatic heterocycles. The third-order valence-corrected chi connectivity index (χ3v) is 1.78. The summed E-state index contributed by atoms with van der Waals surface area (Å²) in [6, 6.07) is 9.67. The van der Waals surface area contributed by atoms with Crippen LogP contribution in [0.5, 0.6) is 0 Å². The van der Waals surface area contributed by atoms with Gasteiger partial charge in [-0.1, -0.05) is 18.2 Å². The number of hydrogen-bond acceptors (Lipinski definition) is 2. The van der Waals surface area contributed by atoms with Gasteiger partial charge in [0.05, 0.1) is 5.52 Å². The molecule has 0 unspecified atom stereocenters. The highest BCUT2D eigenvalue weighted by Gasteiger charge is 1.99. The molecule has 11 heavy (non-hydrogen) atoms. The highest BCUT2D eigenvalue weighted by Crippen LogP contribution is 2.17. The van der Waals surface area contributed by atoms with E-state index in [0.717, 1.165) is 10.9 Å². The van der Waals surface area contributed by atoms with Crippen molar-refractivity contribution in [1.29, 1.82) is 0 Å². The molecule has 56 valence electrons. The Kier molecular flexibility index (Phi) is 1.06. The Morgan fingerprint density at radius 3 is 2.64 bits per heavy atom. The van der Waals surface area contributed by atoms with Crippen molar-refractivity contribution < 1.29 is 0 Å². The van der Waals surface area contributed by atoms with Crippen LogP contribution in [0.1, 0.15) is 0 Å². The zero-order chi connectivity index (χ0) is 7.84. The van der Waals surface area contributed by atoms with Gasteiger partial charge in [0, 0.05) is 5.39 Å². The average Bonchev–Trinajstić information content (AvgIpc) is 2.30. The first kappa shape index (κ1) is 6.09. The van der Waals surface area contributed by atoms with Gasteiger partial charge < -0.3 is 11.6 Å². The Hall–Kier alpha value is -1.64. The summed E-state index contributed by atoms with van der Waals surface area (Å²) >= 11 is 0. The molecule has 3 heteroatoms. The number of aromatic nitrogens is 1. The van der Waals surface area contributed by atoms with Gasteiger partial charge in [0.15, 0.2) is 0 Å². The summed E-state index contributed by atoms with van der Waals surface area (Å²) in [5.41, 5.74) is 6.55. The van der Waals surface area contributed by atoms with Gasteiger partial charge in [-0.2, -0.15) is 0 Å². The van der Waals surface area contributed by atoms with Gasteiger partial charge >= 0.3 is 0 Å². The Labute approximate surface area is 64.2 Å². The number of nitrogen functional groups attached to an aromatic ring is 2. The average molecular weight is 147 g/mol. The molecule has 2 rings (SSSR count). The third kappa shape index (κ3) is 0.741. The highest BCUT2D eigenvalue weighted by atomic mass is 15.3. The fourth-order valence-electron chi connectivity index (χ4n) is 1.20. The summed E-state index contributed by atoms with van der Waals surface area (Å²) in [6.07, 6.45) is 0. The van der Waals surface area contributed by atoms with Crippen molar-refractivity contribution >= 4 is 16.7 Å². The van der Waals surface area contributed by atoms with Gasteiger partial charge in [-0.05, 0) is 12.1 Å². The number of nitrogens with two attached hydrogens (primary N) is 2. The smallest absolute Gasteiger partial charge is 0.123 e. The van der Waals surface area contributed by atoms with Gasteiger partial charge in [0.2, 0.25) is 0 Å². The molecule has 1 aromatic carbocycles. The van der Waals surface area contributed by atoms with Crippen LogP contribution in [-0.2, 0) is 0 Å². The minimum atomic E-state index is 0.589. The molecule has 3 nitrogen and oxygen atoms in total. The molecule has 0 saturated carbocycles. The van der Waals surface area contributed by atoms with Crippen molar-refractivity contribution in [2.45, 2.75) is 0 Å². The molecule has 0 aliphatic carbocycles. The van der Waals surface area contributed by atoms with Gasteiger partial charge in [-0.15, -0.1) is 0 Å². The monoisotopic (exact) mass is 147 g/mol. The first-order chi connectivity index (χ1) is 5.29. The number of benzene rings is 1. The van der Waals surface area contributed by atoms with Crippen LogP contribution >= 0.6 is 0 Å². The minimum Gasteiger partial charge on any atom is -0.384 e. The summed E-state index contributed by atoms with van der Waals surface area (Å²) in [4.78, 5) is 0. The molecule has 1 heterocycles. The molecule has 0 bridgehead atoms. The standard InChI is InChI=1S/C8H9N3/c9-8-5-6-3-1-2-4-7(6)11(8)10/h1-5H,9-10H2. The van der Waals surface area contributed by atoms with E-state index in [-0.39, 0.29) is 0 Å². The van der Waals surface area contributed by atoms with E-state index in [4.69, 9.17) is 11.6 Å². The Morgan fingerprint density at radius 2 is 1.91 bits per heavy atom. The van der Waals surface area contributed by atoms with E-state index in [1.165, 1.54) is 4.68 Å². The Balaban J connectivity index is 2.92. The second-order valence-corrected chi connectivity index (χ2v) is 2.50. The second kappa shape index (κ2) is 1.92. The summed E-state index contributed by atoms with van der Waals surface area (Å²) < 4.78 is 1.48. The molecule has 0 atom stereocenters. The van der Waals surface area contributed by atoms with E-state index < -0.39 is 0 Å². The van der Waals surface area contributed by atoms with Gasteiger partial charge in [-0.25, -0.2) is 4.68 Å². The van der Waals surface area contributed by atoms with E-state index in [1.807, 2.05) is 30.3 Å². The predicted octanol–water partition coefficient (Wildman–Crippen LogP) is 0.937. The van der Waals surface area contributed by atoms with Crippen LogP contribution in [0.4, 0.5) is 5.82 Å². The molecule has 0 amide bonds. The maximum Gasteiger partial charge on any atom is 0.123 e. The molecule has 1 aromatic heterocycles. The molecule has 0 aliphatic rings. The van der Waals surface area contributed by atoms with E-state index in [9.17, 15) is 0 Å². The number of anilines is 1. The number of rotatable bonds is 0. The lowest BCUT2D eigenvalue weighted by Gasteiger charge is -1.96. The lowest BCUT2D eigenvalue weighted by molar-refractivity contribution is 1.08. The topological polar surface area (TPSA) is 57.0 Å². The highest BCUT2D eigenvalue weighted by molar-refractivity contribution is 5.84. The van der Waals surface area contributed by atoms with Crippen LogP contribution in [0.15, 0.2) is 30.3 Å².